The van der Waals surface area contributed by atoms with Crippen LogP contribution < -0.4 is 15.5 Å². The Morgan fingerprint density at radius 2 is 1.92 bits per heavy atom. The molecule has 7 nitrogen and oxygen atoms in total. The number of nitrogens with zero attached hydrogens (tertiary/aromatic N) is 1. The fourth-order valence-corrected chi connectivity index (χ4v) is 4.10. The fraction of sp³-hybridized carbons (Fsp3) is 0.471. The van der Waals surface area contributed by atoms with Crippen LogP contribution in [0, 0.1) is 5.92 Å². The van der Waals surface area contributed by atoms with Gasteiger partial charge in [-0.05, 0) is 12.3 Å². The number of amides is 3. The molecule has 1 saturated heterocycles. The van der Waals surface area contributed by atoms with Crippen molar-refractivity contribution in [3.8, 4) is 0 Å². The smallest absolute Gasteiger partial charge is 0.263 e. The molecule has 1 aromatic rings. The average molecular weight is 363 g/mol. The van der Waals surface area contributed by atoms with Crippen LogP contribution in [0.4, 0.5) is 5.69 Å². The third-order valence-electron chi connectivity index (χ3n) is 5.01. The number of hydrogen-bond acceptors (Lipinski definition) is 5. The molecule has 4 atom stereocenters. The Morgan fingerprint density at radius 1 is 1.24 bits per heavy atom. The fourth-order valence-electron chi connectivity index (χ4n) is 3.53. The van der Waals surface area contributed by atoms with Gasteiger partial charge in [-0.1, -0.05) is 25.1 Å². The SMILES string of the molecule is CSC[C@@H]1NC(=O)[C@H]([C@@H](C)[C@]2(O)C(=O)N(C)c3ccccc32)NC1=O. The van der Waals surface area contributed by atoms with Gasteiger partial charge in [0.15, 0.2) is 5.60 Å². The molecule has 0 saturated carbocycles. The first-order valence-electron chi connectivity index (χ1n) is 8.02. The van der Waals surface area contributed by atoms with E-state index in [0.29, 0.717) is 17.0 Å². The number of hydrogen-bond donors (Lipinski definition) is 3. The minimum Gasteiger partial charge on any atom is -0.375 e. The van der Waals surface area contributed by atoms with E-state index in [1.807, 2.05) is 6.26 Å². The summed E-state index contributed by atoms with van der Waals surface area (Å²) in [5.41, 5.74) is -0.819. The topological polar surface area (TPSA) is 98.7 Å². The van der Waals surface area contributed by atoms with Crippen LogP contribution in [0.5, 0.6) is 0 Å². The summed E-state index contributed by atoms with van der Waals surface area (Å²) in [4.78, 5) is 38.9. The van der Waals surface area contributed by atoms with Gasteiger partial charge in [0.1, 0.15) is 12.1 Å². The number of anilines is 1. The normalized spacial score (nSPS) is 29.9. The highest BCUT2D eigenvalue weighted by Gasteiger charge is 2.56. The maximum absolute atomic E-state index is 12.8. The largest absolute Gasteiger partial charge is 0.375 e. The zero-order chi connectivity index (χ0) is 18.4. The number of benzene rings is 1. The molecule has 3 rings (SSSR count). The lowest BCUT2D eigenvalue weighted by Gasteiger charge is -2.38. The minimum absolute atomic E-state index is 0.304. The summed E-state index contributed by atoms with van der Waals surface area (Å²) in [6.07, 6.45) is 1.85. The molecule has 0 spiro atoms. The van der Waals surface area contributed by atoms with Crippen molar-refractivity contribution in [1.82, 2.24) is 10.6 Å². The van der Waals surface area contributed by atoms with E-state index in [1.54, 1.807) is 38.2 Å². The van der Waals surface area contributed by atoms with Crippen molar-refractivity contribution in [2.45, 2.75) is 24.6 Å². The predicted octanol–water partition coefficient (Wildman–Crippen LogP) is -0.167. The highest BCUT2D eigenvalue weighted by atomic mass is 32.2. The van der Waals surface area contributed by atoms with Gasteiger partial charge in [-0.3, -0.25) is 14.4 Å². The second-order valence-corrected chi connectivity index (χ2v) is 7.35. The standard InChI is InChI=1S/C17H21N3O4S/c1-9(13-15(22)18-11(8-25-3)14(21)19-13)17(24)10-6-4-5-7-12(10)20(2)16(17)23/h4-7,9,11,13,24H,8H2,1-3H3,(H,18,22)(H,19,21)/t9-,11+,13+,17-/m1/s1. The Morgan fingerprint density at radius 3 is 2.60 bits per heavy atom. The monoisotopic (exact) mass is 363 g/mol. The third kappa shape index (κ3) is 2.60. The summed E-state index contributed by atoms with van der Waals surface area (Å²) in [6, 6.07) is 5.34. The highest BCUT2D eigenvalue weighted by molar-refractivity contribution is 7.98. The van der Waals surface area contributed by atoms with E-state index in [1.165, 1.54) is 16.7 Å². The van der Waals surface area contributed by atoms with Crippen molar-refractivity contribution in [3.05, 3.63) is 29.8 Å². The molecule has 1 fully saturated rings. The number of nitrogens with one attached hydrogen (secondary N) is 2. The summed E-state index contributed by atoms with van der Waals surface area (Å²) in [5.74, 6) is -1.56. The van der Waals surface area contributed by atoms with Crippen LogP contribution in [0.15, 0.2) is 24.3 Å². The molecule has 134 valence electrons. The van der Waals surface area contributed by atoms with Crippen LogP contribution in [-0.2, 0) is 20.0 Å². The van der Waals surface area contributed by atoms with Gasteiger partial charge in [0, 0.05) is 24.3 Å². The van der Waals surface area contributed by atoms with Crippen molar-refractivity contribution >= 4 is 35.2 Å². The number of likely N-dealkylation sites (N-methyl/N-ethyl adjacent to an activating group) is 1. The molecule has 2 aliphatic heterocycles. The maximum Gasteiger partial charge on any atom is 0.263 e. The Balaban J connectivity index is 1.93. The van der Waals surface area contributed by atoms with Crippen LogP contribution >= 0.6 is 11.8 Å². The molecule has 0 aromatic heterocycles. The molecule has 0 aliphatic carbocycles. The average Bonchev–Trinajstić information content (AvgIpc) is 2.80. The number of carbonyl (C=O) groups excluding carboxylic acids is 3. The van der Waals surface area contributed by atoms with Gasteiger partial charge in [0.2, 0.25) is 11.8 Å². The lowest BCUT2D eigenvalue weighted by Crippen LogP contribution is -2.67. The van der Waals surface area contributed by atoms with Crippen LogP contribution in [0.1, 0.15) is 12.5 Å². The molecule has 2 heterocycles. The van der Waals surface area contributed by atoms with Crippen LogP contribution in [-0.4, -0.2) is 54.0 Å². The van der Waals surface area contributed by atoms with Gasteiger partial charge in [0.25, 0.3) is 5.91 Å². The van der Waals surface area contributed by atoms with E-state index in [4.69, 9.17) is 0 Å². The van der Waals surface area contributed by atoms with Crippen molar-refractivity contribution in [1.29, 1.82) is 0 Å². The minimum atomic E-state index is -1.87. The number of para-hydroxylation sites is 1. The molecule has 1 aromatic carbocycles. The number of aliphatic hydroxyl groups is 1. The summed E-state index contributed by atoms with van der Waals surface area (Å²) in [7, 11) is 1.58. The Labute approximate surface area is 150 Å². The quantitative estimate of drug-likeness (QED) is 0.690. The first kappa shape index (κ1) is 17.8. The number of fused-ring (bicyclic) bond motifs is 1. The molecular weight excluding hydrogens is 342 g/mol. The van der Waals surface area contributed by atoms with E-state index in [0.717, 1.165) is 0 Å². The molecule has 0 unspecified atom stereocenters. The van der Waals surface area contributed by atoms with E-state index >= 15 is 0 Å². The van der Waals surface area contributed by atoms with Crippen molar-refractivity contribution < 1.29 is 19.5 Å². The number of piperazine rings is 1. The zero-order valence-corrected chi connectivity index (χ0v) is 15.1. The predicted molar refractivity (Wildman–Crippen MR) is 95.2 cm³/mol. The van der Waals surface area contributed by atoms with Crippen LogP contribution in [0.2, 0.25) is 0 Å². The maximum atomic E-state index is 12.8. The Kier molecular flexibility index (Phi) is 4.51. The van der Waals surface area contributed by atoms with E-state index in [2.05, 4.69) is 10.6 Å². The van der Waals surface area contributed by atoms with E-state index in [9.17, 15) is 19.5 Å². The van der Waals surface area contributed by atoms with Crippen molar-refractivity contribution in [2.75, 3.05) is 24.0 Å². The molecule has 25 heavy (non-hydrogen) atoms. The molecule has 0 bridgehead atoms. The van der Waals surface area contributed by atoms with Gasteiger partial charge >= 0.3 is 0 Å². The van der Waals surface area contributed by atoms with Gasteiger partial charge in [0.05, 0.1) is 5.69 Å². The summed E-state index contributed by atoms with van der Waals surface area (Å²) >= 11 is 1.45. The van der Waals surface area contributed by atoms with Crippen molar-refractivity contribution in [2.24, 2.45) is 5.92 Å². The van der Waals surface area contributed by atoms with Crippen LogP contribution in [0.3, 0.4) is 0 Å². The molecule has 2 aliphatic rings. The number of carbonyl (C=O) groups is 3. The number of thioether (sulfide) groups is 1. The van der Waals surface area contributed by atoms with E-state index < -0.39 is 29.5 Å². The molecule has 8 heteroatoms. The molecule has 3 N–H and O–H groups in total. The summed E-state index contributed by atoms with van der Waals surface area (Å²) in [6.45, 7) is 1.60. The lowest BCUT2D eigenvalue weighted by atomic mass is 9.78. The lowest BCUT2D eigenvalue weighted by molar-refractivity contribution is -0.149. The second-order valence-electron chi connectivity index (χ2n) is 6.44. The highest BCUT2D eigenvalue weighted by Crippen LogP contribution is 2.45. The molecule has 3 amide bonds. The zero-order valence-electron chi connectivity index (χ0n) is 14.3. The first-order chi connectivity index (χ1) is 11.8. The van der Waals surface area contributed by atoms with Gasteiger partial charge < -0.3 is 20.6 Å². The Bertz CT molecular complexity index is 740. The van der Waals surface area contributed by atoms with Crippen molar-refractivity contribution in [3.63, 3.8) is 0 Å². The second kappa shape index (κ2) is 6.34. The summed E-state index contributed by atoms with van der Waals surface area (Å²) in [5, 5.41) is 16.6. The first-order valence-corrected chi connectivity index (χ1v) is 9.41. The van der Waals surface area contributed by atoms with Gasteiger partial charge in [-0.2, -0.15) is 11.8 Å². The molecular formula is C17H21N3O4S. The Hall–Kier alpha value is -2.06. The number of rotatable bonds is 4. The van der Waals surface area contributed by atoms with Crippen LogP contribution in [0.25, 0.3) is 0 Å². The third-order valence-corrected chi connectivity index (χ3v) is 5.68. The van der Waals surface area contributed by atoms with Gasteiger partial charge in [-0.15, -0.1) is 0 Å². The summed E-state index contributed by atoms with van der Waals surface area (Å²) < 4.78 is 0. The molecule has 0 radical (unpaired) electrons. The van der Waals surface area contributed by atoms with Gasteiger partial charge in [-0.25, -0.2) is 0 Å². The van der Waals surface area contributed by atoms with E-state index in [-0.39, 0.29) is 11.8 Å².